The number of benzene rings is 2. The highest BCUT2D eigenvalue weighted by Gasteiger charge is 2.15. The zero-order valence-electron chi connectivity index (χ0n) is 8.96. The third-order valence-corrected chi connectivity index (χ3v) is 3.32. The van der Waals surface area contributed by atoms with E-state index in [1.807, 2.05) is 0 Å². The van der Waals surface area contributed by atoms with Crippen LogP contribution in [-0.4, -0.2) is 6.54 Å². The molecule has 1 atom stereocenters. The van der Waals surface area contributed by atoms with Gasteiger partial charge in [-0.1, -0.05) is 30.3 Å². The van der Waals surface area contributed by atoms with Gasteiger partial charge >= 0.3 is 0 Å². The molecule has 0 aromatic heterocycles. The molecule has 0 saturated carbocycles. The monoisotopic (exact) mass is 197 g/mol. The van der Waals surface area contributed by atoms with Crippen molar-refractivity contribution >= 4 is 10.8 Å². The molecule has 0 aliphatic carbocycles. The van der Waals surface area contributed by atoms with Gasteiger partial charge in [0.1, 0.15) is 0 Å². The molecule has 15 heavy (non-hydrogen) atoms. The molecule has 0 amide bonds. The standard InChI is InChI=1S/C14H15N/c1-10-14-9-12-5-3-2-4-11(12)8-13(14)6-7-15-10/h2-5,8-10,15H,6-7H2,1H3/t10-/m0/s1. The maximum absolute atomic E-state index is 3.50. The van der Waals surface area contributed by atoms with Crippen molar-refractivity contribution in [1.29, 1.82) is 0 Å². The molecule has 2 aromatic rings. The molecule has 0 radical (unpaired) electrons. The van der Waals surface area contributed by atoms with Crippen LogP contribution in [0.2, 0.25) is 0 Å². The first kappa shape index (κ1) is 8.93. The van der Waals surface area contributed by atoms with Crippen molar-refractivity contribution in [2.75, 3.05) is 6.54 Å². The van der Waals surface area contributed by atoms with Crippen LogP contribution in [-0.2, 0) is 6.42 Å². The van der Waals surface area contributed by atoms with Gasteiger partial charge in [-0.15, -0.1) is 0 Å². The van der Waals surface area contributed by atoms with Crippen molar-refractivity contribution in [1.82, 2.24) is 5.32 Å². The minimum absolute atomic E-state index is 0.498. The largest absolute Gasteiger partial charge is 0.310 e. The fraction of sp³-hybridized carbons (Fsp3) is 0.286. The Balaban J connectivity index is 2.27. The van der Waals surface area contributed by atoms with E-state index < -0.39 is 0 Å². The molecule has 1 aliphatic rings. The SMILES string of the molecule is C[C@@H]1NCCc2cc3ccccc3cc21. The zero-order chi connectivity index (χ0) is 10.3. The van der Waals surface area contributed by atoms with Crippen molar-refractivity contribution in [3.8, 4) is 0 Å². The van der Waals surface area contributed by atoms with Crippen LogP contribution in [0.1, 0.15) is 24.1 Å². The topological polar surface area (TPSA) is 12.0 Å². The van der Waals surface area contributed by atoms with E-state index >= 15 is 0 Å². The molecular weight excluding hydrogens is 182 g/mol. The van der Waals surface area contributed by atoms with Crippen LogP contribution in [0.4, 0.5) is 0 Å². The summed E-state index contributed by atoms with van der Waals surface area (Å²) in [5.74, 6) is 0. The van der Waals surface area contributed by atoms with E-state index in [-0.39, 0.29) is 0 Å². The third kappa shape index (κ3) is 1.44. The average Bonchev–Trinajstić information content (AvgIpc) is 2.27. The van der Waals surface area contributed by atoms with Crippen molar-refractivity contribution < 1.29 is 0 Å². The summed E-state index contributed by atoms with van der Waals surface area (Å²) in [6.45, 7) is 3.35. The molecule has 1 heterocycles. The average molecular weight is 197 g/mol. The first-order valence-electron chi connectivity index (χ1n) is 5.59. The molecule has 0 saturated heterocycles. The van der Waals surface area contributed by atoms with E-state index in [0.717, 1.165) is 13.0 Å². The lowest BCUT2D eigenvalue weighted by Crippen LogP contribution is -2.27. The fourth-order valence-electron chi connectivity index (χ4n) is 2.46. The smallest absolute Gasteiger partial charge is 0.0294 e. The molecule has 76 valence electrons. The molecule has 0 fully saturated rings. The second-order valence-corrected chi connectivity index (χ2v) is 4.32. The molecular formula is C14H15N. The summed E-state index contributed by atoms with van der Waals surface area (Å²) >= 11 is 0. The molecule has 0 unspecified atom stereocenters. The molecule has 0 bridgehead atoms. The van der Waals surface area contributed by atoms with Crippen LogP contribution in [0.3, 0.4) is 0 Å². The number of hydrogen-bond donors (Lipinski definition) is 1. The third-order valence-electron chi connectivity index (χ3n) is 3.32. The second-order valence-electron chi connectivity index (χ2n) is 4.32. The summed E-state index contributed by atoms with van der Waals surface area (Å²) in [5, 5.41) is 6.22. The summed E-state index contributed by atoms with van der Waals surface area (Å²) < 4.78 is 0. The van der Waals surface area contributed by atoms with Crippen LogP contribution < -0.4 is 5.32 Å². The summed E-state index contributed by atoms with van der Waals surface area (Å²) in [6, 6.07) is 13.8. The summed E-state index contributed by atoms with van der Waals surface area (Å²) in [4.78, 5) is 0. The van der Waals surface area contributed by atoms with Crippen LogP contribution >= 0.6 is 0 Å². The van der Waals surface area contributed by atoms with Crippen molar-refractivity contribution in [3.63, 3.8) is 0 Å². The first-order valence-corrected chi connectivity index (χ1v) is 5.59. The van der Waals surface area contributed by atoms with Gasteiger partial charge in [0.05, 0.1) is 0 Å². The molecule has 1 N–H and O–H groups in total. The molecule has 3 rings (SSSR count). The molecule has 0 spiro atoms. The van der Waals surface area contributed by atoms with Gasteiger partial charge in [0.2, 0.25) is 0 Å². The van der Waals surface area contributed by atoms with E-state index in [0.29, 0.717) is 6.04 Å². The lowest BCUT2D eigenvalue weighted by atomic mass is 9.92. The Bertz CT molecular complexity index is 502. The van der Waals surface area contributed by atoms with Gasteiger partial charge in [-0.2, -0.15) is 0 Å². The number of rotatable bonds is 0. The molecule has 1 nitrogen and oxygen atoms in total. The second kappa shape index (κ2) is 3.35. The van der Waals surface area contributed by atoms with Gasteiger partial charge < -0.3 is 5.32 Å². The van der Waals surface area contributed by atoms with Crippen molar-refractivity contribution in [3.05, 3.63) is 47.5 Å². The zero-order valence-corrected chi connectivity index (χ0v) is 8.96. The lowest BCUT2D eigenvalue weighted by molar-refractivity contribution is 0.542. The van der Waals surface area contributed by atoms with Gasteiger partial charge in [-0.25, -0.2) is 0 Å². The van der Waals surface area contributed by atoms with Gasteiger partial charge in [-0.3, -0.25) is 0 Å². The van der Waals surface area contributed by atoms with Gasteiger partial charge in [0.15, 0.2) is 0 Å². The lowest BCUT2D eigenvalue weighted by Gasteiger charge is -2.24. The predicted octanol–water partition coefficient (Wildman–Crippen LogP) is 3.05. The Kier molecular flexibility index (Phi) is 2.00. The van der Waals surface area contributed by atoms with E-state index in [2.05, 4.69) is 48.6 Å². The van der Waals surface area contributed by atoms with Crippen molar-refractivity contribution in [2.45, 2.75) is 19.4 Å². The number of nitrogens with one attached hydrogen (secondary N) is 1. The Morgan fingerprint density at radius 1 is 1.13 bits per heavy atom. The van der Waals surface area contributed by atoms with Crippen LogP contribution in [0.25, 0.3) is 10.8 Å². The van der Waals surface area contributed by atoms with E-state index in [1.54, 1.807) is 0 Å². The molecule has 2 aromatic carbocycles. The normalized spacial score (nSPS) is 20.2. The van der Waals surface area contributed by atoms with E-state index in [9.17, 15) is 0 Å². The predicted molar refractivity (Wildman–Crippen MR) is 64.1 cm³/mol. The quantitative estimate of drug-likeness (QED) is 0.684. The van der Waals surface area contributed by atoms with Gasteiger partial charge in [0.25, 0.3) is 0 Å². The Morgan fingerprint density at radius 2 is 1.87 bits per heavy atom. The summed E-state index contributed by atoms with van der Waals surface area (Å²) in [6.07, 6.45) is 1.16. The maximum atomic E-state index is 3.50. The Morgan fingerprint density at radius 3 is 2.67 bits per heavy atom. The van der Waals surface area contributed by atoms with Gasteiger partial charge in [0, 0.05) is 6.04 Å². The van der Waals surface area contributed by atoms with Crippen LogP contribution in [0.5, 0.6) is 0 Å². The van der Waals surface area contributed by atoms with Gasteiger partial charge in [-0.05, 0) is 47.9 Å². The highest BCUT2D eigenvalue weighted by atomic mass is 14.9. The Labute approximate surface area is 90.1 Å². The minimum Gasteiger partial charge on any atom is -0.310 e. The van der Waals surface area contributed by atoms with Crippen molar-refractivity contribution in [2.24, 2.45) is 0 Å². The highest BCUT2D eigenvalue weighted by Crippen LogP contribution is 2.27. The summed E-state index contributed by atoms with van der Waals surface area (Å²) in [7, 11) is 0. The number of fused-ring (bicyclic) bond motifs is 2. The highest BCUT2D eigenvalue weighted by molar-refractivity contribution is 5.84. The van der Waals surface area contributed by atoms with Crippen LogP contribution in [0.15, 0.2) is 36.4 Å². The Hall–Kier alpha value is -1.34. The molecule has 1 heteroatoms. The fourth-order valence-corrected chi connectivity index (χ4v) is 2.46. The van der Waals surface area contributed by atoms with E-state index in [4.69, 9.17) is 0 Å². The minimum atomic E-state index is 0.498. The first-order chi connectivity index (χ1) is 7.34. The summed E-state index contributed by atoms with van der Waals surface area (Å²) in [5.41, 5.74) is 2.99. The van der Waals surface area contributed by atoms with Crippen LogP contribution in [0, 0.1) is 0 Å². The maximum Gasteiger partial charge on any atom is 0.0294 e. The van der Waals surface area contributed by atoms with E-state index in [1.165, 1.54) is 21.9 Å². The number of hydrogen-bond acceptors (Lipinski definition) is 1. The molecule has 1 aliphatic heterocycles.